The maximum Gasteiger partial charge on any atom is 0.188 e. The van der Waals surface area contributed by atoms with Crippen LogP contribution in [0.4, 0.5) is 0 Å². The van der Waals surface area contributed by atoms with Crippen LogP contribution in [-0.2, 0) is 4.79 Å². The zero-order chi connectivity index (χ0) is 11.4. The lowest BCUT2D eigenvalue weighted by molar-refractivity contribution is -0.115. The van der Waals surface area contributed by atoms with Gasteiger partial charge in [-0.3, -0.25) is 14.8 Å². The molecule has 0 radical (unpaired) electrons. The molecule has 1 N–H and O–H groups in total. The lowest BCUT2D eigenvalue weighted by atomic mass is 10.1. The highest BCUT2D eigenvalue weighted by molar-refractivity contribution is 5.99. The van der Waals surface area contributed by atoms with Gasteiger partial charge in [0.05, 0.1) is 6.42 Å². The van der Waals surface area contributed by atoms with Crippen LogP contribution in [0.5, 0.6) is 0 Å². The molecule has 4 heteroatoms. The molecule has 4 nitrogen and oxygen atoms in total. The summed E-state index contributed by atoms with van der Waals surface area (Å²) in [5, 5.41) is 2.89. The molecule has 0 spiro atoms. The highest BCUT2D eigenvalue weighted by Gasteiger charge is 2.14. The molecule has 0 amide bonds. The maximum atomic E-state index is 11.5. The minimum Gasteiger partial charge on any atom is -0.363 e. The SMILES string of the molecule is C=C1CC(=O)C(N=Cc2cccnc2)=CN1. The second-order valence-electron chi connectivity index (χ2n) is 3.42. The fourth-order valence-corrected chi connectivity index (χ4v) is 1.29. The average Bonchev–Trinajstić information content (AvgIpc) is 2.29. The van der Waals surface area contributed by atoms with E-state index in [0.717, 1.165) is 5.56 Å². The Bertz CT molecular complexity index is 474. The second-order valence-corrected chi connectivity index (χ2v) is 3.42. The summed E-state index contributed by atoms with van der Waals surface area (Å²) in [5.74, 6) is -0.0242. The maximum absolute atomic E-state index is 11.5. The summed E-state index contributed by atoms with van der Waals surface area (Å²) in [6.07, 6.45) is 6.86. The number of carbonyl (C=O) groups is 1. The van der Waals surface area contributed by atoms with Gasteiger partial charge in [0.1, 0.15) is 5.70 Å². The number of carbonyl (C=O) groups excluding carboxylic acids is 1. The first-order valence-corrected chi connectivity index (χ1v) is 4.87. The van der Waals surface area contributed by atoms with E-state index in [4.69, 9.17) is 0 Å². The summed E-state index contributed by atoms with van der Waals surface area (Å²) in [6, 6.07) is 3.69. The number of nitrogens with one attached hydrogen (secondary N) is 1. The molecule has 80 valence electrons. The first kappa shape index (κ1) is 10.3. The number of hydrogen-bond acceptors (Lipinski definition) is 4. The number of allylic oxidation sites excluding steroid dienone is 2. The van der Waals surface area contributed by atoms with Crippen molar-refractivity contribution in [3.63, 3.8) is 0 Å². The van der Waals surface area contributed by atoms with Crippen molar-refractivity contribution >= 4 is 12.0 Å². The lowest BCUT2D eigenvalue weighted by Gasteiger charge is -2.11. The summed E-state index contributed by atoms with van der Waals surface area (Å²) in [5.41, 5.74) is 1.97. The minimum atomic E-state index is -0.0242. The Kier molecular flexibility index (Phi) is 2.91. The van der Waals surface area contributed by atoms with Crippen LogP contribution >= 0.6 is 0 Å². The topological polar surface area (TPSA) is 54.4 Å². The van der Waals surface area contributed by atoms with Gasteiger partial charge >= 0.3 is 0 Å². The third kappa shape index (κ3) is 2.42. The standard InChI is InChI=1S/C12H11N3O/c1-9-5-12(16)11(8-14-9)15-7-10-3-2-4-13-6-10/h2-4,6-8,14H,1,5H2. The van der Waals surface area contributed by atoms with Crippen molar-refractivity contribution in [3.8, 4) is 0 Å². The number of aliphatic imine (C=N–C) groups is 1. The van der Waals surface area contributed by atoms with Gasteiger partial charge in [0, 0.05) is 36.1 Å². The highest BCUT2D eigenvalue weighted by atomic mass is 16.1. The van der Waals surface area contributed by atoms with E-state index < -0.39 is 0 Å². The molecule has 0 fully saturated rings. The van der Waals surface area contributed by atoms with Gasteiger partial charge in [-0.05, 0) is 6.07 Å². The largest absolute Gasteiger partial charge is 0.363 e. The third-order valence-corrected chi connectivity index (χ3v) is 2.11. The molecular formula is C12H11N3O. The van der Waals surface area contributed by atoms with E-state index in [-0.39, 0.29) is 5.78 Å². The van der Waals surface area contributed by atoms with E-state index >= 15 is 0 Å². The number of hydrogen-bond donors (Lipinski definition) is 1. The van der Waals surface area contributed by atoms with Crippen molar-refractivity contribution in [2.75, 3.05) is 0 Å². The van der Waals surface area contributed by atoms with Crippen LogP contribution in [0.25, 0.3) is 0 Å². The number of pyridine rings is 1. The summed E-state index contributed by atoms with van der Waals surface area (Å²) < 4.78 is 0. The molecule has 1 aliphatic heterocycles. The fraction of sp³-hybridized carbons (Fsp3) is 0.0833. The minimum absolute atomic E-state index is 0.0242. The monoisotopic (exact) mass is 213 g/mol. The van der Waals surface area contributed by atoms with Crippen LogP contribution in [-0.4, -0.2) is 17.0 Å². The highest BCUT2D eigenvalue weighted by Crippen LogP contribution is 2.11. The van der Waals surface area contributed by atoms with Gasteiger partial charge in [0.25, 0.3) is 0 Å². The molecular weight excluding hydrogens is 202 g/mol. The van der Waals surface area contributed by atoms with E-state index in [1.54, 1.807) is 24.8 Å². The Hall–Kier alpha value is -2.23. The van der Waals surface area contributed by atoms with Crippen molar-refractivity contribution in [2.45, 2.75) is 6.42 Å². The lowest BCUT2D eigenvalue weighted by Crippen LogP contribution is -2.18. The van der Waals surface area contributed by atoms with Crippen molar-refractivity contribution < 1.29 is 4.79 Å². The van der Waals surface area contributed by atoms with Crippen LogP contribution in [0.3, 0.4) is 0 Å². The van der Waals surface area contributed by atoms with E-state index in [1.165, 1.54) is 0 Å². The van der Waals surface area contributed by atoms with Crippen molar-refractivity contribution in [3.05, 3.63) is 54.3 Å². The van der Waals surface area contributed by atoms with Crippen LogP contribution in [0.2, 0.25) is 0 Å². The van der Waals surface area contributed by atoms with Crippen molar-refractivity contribution in [1.29, 1.82) is 0 Å². The molecule has 16 heavy (non-hydrogen) atoms. The van der Waals surface area contributed by atoms with Gasteiger partial charge in [-0.15, -0.1) is 0 Å². The number of Topliss-reactive ketones (excluding diaryl/α,β-unsaturated/α-hetero) is 1. The molecule has 1 aromatic heterocycles. The van der Waals surface area contributed by atoms with Crippen LogP contribution in [0, 0.1) is 0 Å². The Balaban J connectivity index is 2.13. The summed E-state index contributed by atoms with van der Waals surface area (Å²) >= 11 is 0. The number of rotatable bonds is 2. The first-order valence-electron chi connectivity index (χ1n) is 4.87. The summed E-state index contributed by atoms with van der Waals surface area (Å²) in [4.78, 5) is 19.6. The van der Waals surface area contributed by atoms with Crippen molar-refractivity contribution in [1.82, 2.24) is 10.3 Å². The number of ketones is 1. The molecule has 0 saturated heterocycles. The third-order valence-electron chi connectivity index (χ3n) is 2.11. The molecule has 0 atom stereocenters. The molecule has 2 rings (SSSR count). The normalized spacial score (nSPS) is 16.1. The number of nitrogens with zero attached hydrogens (tertiary/aromatic N) is 2. The van der Waals surface area contributed by atoms with Gasteiger partial charge in [0.2, 0.25) is 0 Å². The van der Waals surface area contributed by atoms with Gasteiger partial charge in [-0.25, -0.2) is 0 Å². The first-order chi connectivity index (χ1) is 7.75. The Morgan fingerprint density at radius 2 is 2.44 bits per heavy atom. The van der Waals surface area contributed by atoms with Crippen molar-refractivity contribution in [2.24, 2.45) is 4.99 Å². The molecule has 0 saturated carbocycles. The van der Waals surface area contributed by atoms with E-state index in [9.17, 15) is 4.79 Å². The molecule has 0 aliphatic carbocycles. The molecule has 0 bridgehead atoms. The molecule has 2 heterocycles. The van der Waals surface area contributed by atoms with E-state index in [0.29, 0.717) is 17.8 Å². The molecule has 1 aliphatic rings. The average molecular weight is 213 g/mol. The zero-order valence-electron chi connectivity index (χ0n) is 8.68. The summed E-state index contributed by atoms with van der Waals surface area (Å²) in [7, 11) is 0. The Morgan fingerprint density at radius 3 is 3.12 bits per heavy atom. The predicted molar refractivity (Wildman–Crippen MR) is 61.8 cm³/mol. The zero-order valence-corrected chi connectivity index (χ0v) is 8.68. The van der Waals surface area contributed by atoms with Crippen LogP contribution in [0.1, 0.15) is 12.0 Å². The smallest absolute Gasteiger partial charge is 0.188 e. The van der Waals surface area contributed by atoms with Gasteiger partial charge < -0.3 is 5.32 Å². The van der Waals surface area contributed by atoms with E-state index in [1.807, 2.05) is 12.1 Å². The molecule has 0 unspecified atom stereocenters. The predicted octanol–water partition coefficient (Wildman–Crippen LogP) is 1.42. The van der Waals surface area contributed by atoms with Gasteiger partial charge in [0.15, 0.2) is 5.78 Å². The van der Waals surface area contributed by atoms with Crippen LogP contribution < -0.4 is 5.32 Å². The summed E-state index contributed by atoms with van der Waals surface area (Å²) in [6.45, 7) is 3.68. The second kappa shape index (κ2) is 4.53. The van der Waals surface area contributed by atoms with Crippen LogP contribution in [0.15, 0.2) is 53.7 Å². The Labute approximate surface area is 93.4 Å². The van der Waals surface area contributed by atoms with E-state index in [2.05, 4.69) is 21.9 Å². The quantitative estimate of drug-likeness (QED) is 0.756. The Morgan fingerprint density at radius 1 is 1.56 bits per heavy atom. The van der Waals surface area contributed by atoms with Gasteiger partial charge in [-0.1, -0.05) is 12.6 Å². The van der Waals surface area contributed by atoms with Gasteiger partial charge in [-0.2, -0.15) is 0 Å². The fourth-order valence-electron chi connectivity index (χ4n) is 1.29. The number of aromatic nitrogens is 1. The molecule has 0 aromatic carbocycles. The molecule has 1 aromatic rings.